The number of hydrogen-bond donors (Lipinski definition) is 2. The number of benzene rings is 1. The summed E-state index contributed by atoms with van der Waals surface area (Å²) in [6, 6.07) is 5.98. The molecule has 2 fully saturated rings. The van der Waals surface area contributed by atoms with Gasteiger partial charge in [0.25, 0.3) is 10.9 Å². The highest BCUT2D eigenvalue weighted by Gasteiger charge is 2.29. The molecule has 1 saturated carbocycles. The van der Waals surface area contributed by atoms with E-state index >= 15 is 0 Å². The molecule has 0 radical (unpaired) electrons. The van der Waals surface area contributed by atoms with Gasteiger partial charge >= 0.3 is 0 Å². The lowest BCUT2D eigenvalue weighted by molar-refractivity contribution is -0.121. The minimum atomic E-state index is -0.373. The molecule has 1 heterocycles. The second kappa shape index (κ2) is 9.25. The van der Waals surface area contributed by atoms with E-state index in [1.54, 1.807) is 0 Å². The van der Waals surface area contributed by atoms with Gasteiger partial charge in [-0.2, -0.15) is 0 Å². The van der Waals surface area contributed by atoms with Crippen molar-refractivity contribution in [1.29, 1.82) is 0 Å². The molecule has 0 bridgehead atoms. The van der Waals surface area contributed by atoms with Crippen molar-refractivity contribution in [3.8, 4) is 0 Å². The predicted octanol–water partition coefficient (Wildman–Crippen LogP) is 3.75. The maximum Gasteiger partial charge on any atom is 0.253 e. The number of amides is 1. The zero-order valence-corrected chi connectivity index (χ0v) is 18.6. The van der Waals surface area contributed by atoms with Crippen LogP contribution in [0.1, 0.15) is 56.1 Å². The van der Waals surface area contributed by atoms with Crippen LogP contribution in [0.5, 0.6) is 0 Å². The van der Waals surface area contributed by atoms with Gasteiger partial charge in [-0.15, -0.1) is 0 Å². The molecule has 2 aliphatic rings. The summed E-state index contributed by atoms with van der Waals surface area (Å²) >= 11 is 0. The highest BCUT2D eigenvalue weighted by molar-refractivity contribution is 5.93. The third kappa shape index (κ3) is 4.53. The van der Waals surface area contributed by atoms with E-state index in [9.17, 15) is 14.4 Å². The Labute approximate surface area is 183 Å². The quantitative estimate of drug-likeness (QED) is 0.692. The molecule has 2 aromatic carbocycles. The van der Waals surface area contributed by atoms with Crippen molar-refractivity contribution in [2.75, 3.05) is 35.2 Å². The fraction of sp³-hybridized carbons (Fsp3) is 0.560. The smallest absolute Gasteiger partial charge is 0.253 e. The topological polar surface area (TPSA) is 78.5 Å². The lowest BCUT2D eigenvalue weighted by Crippen LogP contribution is -2.45. The van der Waals surface area contributed by atoms with Gasteiger partial charge in [0.15, 0.2) is 0 Å². The molecule has 0 atom stereocenters. The van der Waals surface area contributed by atoms with Gasteiger partial charge < -0.3 is 15.5 Å². The molecule has 6 nitrogen and oxygen atoms in total. The number of nitrogens with one attached hydrogen (secondary N) is 2. The van der Waals surface area contributed by atoms with E-state index in [0.29, 0.717) is 23.8 Å². The van der Waals surface area contributed by atoms with Crippen LogP contribution >= 0.6 is 0 Å². The van der Waals surface area contributed by atoms with E-state index in [-0.39, 0.29) is 22.7 Å². The van der Waals surface area contributed by atoms with Crippen LogP contribution in [-0.4, -0.2) is 25.5 Å². The molecule has 1 amide bonds. The normalized spacial score (nSPS) is 21.8. The molecule has 2 N–H and O–H groups in total. The summed E-state index contributed by atoms with van der Waals surface area (Å²) in [6.07, 6.45) is 6.95. The Hall–Kier alpha value is -2.63. The first-order valence-electron chi connectivity index (χ1n) is 11.6. The number of anilines is 3. The Bertz CT molecular complexity index is 1010. The van der Waals surface area contributed by atoms with E-state index in [2.05, 4.69) is 28.5 Å². The number of aryl methyl sites for hydroxylation is 1. The lowest BCUT2D eigenvalue weighted by Gasteiger charge is -2.32. The van der Waals surface area contributed by atoms with E-state index in [1.807, 2.05) is 19.1 Å². The van der Waals surface area contributed by atoms with Crippen molar-refractivity contribution in [1.82, 2.24) is 0 Å². The number of hydrogen-bond acceptors (Lipinski definition) is 5. The van der Waals surface area contributed by atoms with E-state index in [0.717, 1.165) is 62.9 Å². The molecule has 1 aliphatic carbocycles. The van der Waals surface area contributed by atoms with Crippen molar-refractivity contribution in [3.05, 3.63) is 49.8 Å². The van der Waals surface area contributed by atoms with Gasteiger partial charge in [-0.1, -0.05) is 12.1 Å². The summed E-state index contributed by atoms with van der Waals surface area (Å²) in [6.45, 7) is 6.50. The summed E-state index contributed by atoms with van der Waals surface area (Å²) in [4.78, 5) is 39.0. The van der Waals surface area contributed by atoms with Crippen molar-refractivity contribution >= 4 is 23.0 Å². The largest absolute Gasteiger partial charge is 0.380 e. The average molecular weight is 424 g/mol. The van der Waals surface area contributed by atoms with Gasteiger partial charge in [0.05, 0.1) is 0 Å². The van der Waals surface area contributed by atoms with Gasteiger partial charge in [-0.05, 0) is 81.9 Å². The number of rotatable bonds is 6. The van der Waals surface area contributed by atoms with Crippen molar-refractivity contribution in [2.24, 2.45) is 11.8 Å². The van der Waals surface area contributed by atoms with Gasteiger partial charge in [0, 0.05) is 31.2 Å². The molecule has 31 heavy (non-hydrogen) atoms. The van der Waals surface area contributed by atoms with Gasteiger partial charge in [-0.25, -0.2) is 0 Å². The second-order valence-electron chi connectivity index (χ2n) is 9.26. The Kier molecular flexibility index (Phi) is 6.44. The van der Waals surface area contributed by atoms with Crippen LogP contribution in [-0.2, 0) is 4.79 Å². The van der Waals surface area contributed by atoms with Crippen molar-refractivity contribution in [2.45, 2.75) is 58.8 Å². The number of carbonyl (C=O) groups excluding carboxylic acids is 1. The van der Waals surface area contributed by atoms with Crippen LogP contribution in [0.4, 0.5) is 17.1 Å². The van der Waals surface area contributed by atoms with Crippen LogP contribution in [0.15, 0.2) is 27.8 Å². The molecular weight excluding hydrogens is 390 g/mol. The minimum Gasteiger partial charge on any atom is -0.380 e. The predicted molar refractivity (Wildman–Crippen MR) is 126 cm³/mol. The molecule has 0 aromatic heterocycles. The second-order valence-corrected chi connectivity index (χ2v) is 9.26. The molecule has 6 heteroatoms. The summed E-state index contributed by atoms with van der Waals surface area (Å²) in [7, 11) is 0. The maximum absolute atomic E-state index is 12.7. The van der Waals surface area contributed by atoms with Crippen LogP contribution in [0.3, 0.4) is 0 Å². The highest BCUT2D eigenvalue weighted by atomic mass is 16.2. The summed E-state index contributed by atoms with van der Waals surface area (Å²) in [5, 5.41) is 6.39. The first-order chi connectivity index (χ1) is 15.0. The molecule has 4 rings (SSSR count). The number of nitrogens with zero attached hydrogens (tertiary/aromatic N) is 1. The number of carbonyl (C=O) groups is 1. The van der Waals surface area contributed by atoms with Crippen molar-refractivity contribution in [3.63, 3.8) is 0 Å². The zero-order chi connectivity index (χ0) is 22.0. The molecule has 2 aromatic rings. The lowest BCUT2D eigenvalue weighted by atomic mass is 9.81. The van der Waals surface area contributed by atoms with Crippen LogP contribution in [0, 0.1) is 25.7 Å². The molecule has 0 spiro atoms. The van der Waals surface area contributed by atoms with Gasteiger partial charge in [0.2, 0.25) is 5.91 Å². The molecule has 1 saturated heterocycles. The van der Waals surface area contributed by atoms with Gasteiger partial charge in [-0.3, -0.25) is 14.4 Å². The number of piperidine rings is 1. The van der Waals surface area contributed by atoms with Crippen molar-refractivity contribution < 1.29 is 4.79 Å². The van der Waals surface area contributed by atoms with E-state index < -0.39 is 0 Å². The summed E-state index contributed by atoms with van der Waals surface area (Å²) < 4.78 is 0. The minimum absolute atomic E-state index is 0.0335. The fourth-order valence-electron chi connectivity index (χ4n) is 4.96. The Morgan fingerprint density at radius 2 is 1.71 bits per heavy atom. The average Bonchev–Trinajstić information content (AvgIpc) is 2.80. The third-order valence-electron chi connectivity index (χ3n) is 7.21. The first kappa shape index (κ1) is 21.6. The van der Waals surface area contributed by atoms with Gasteiger partial charge in [0.1, 0.15) is 11.4 Å². The highest BCUT2D eigenvalue weighted by Crippen LogP contribution is 2.31. The molecule has 166 valence electrons. The first-order valence-corrected chi connectivity index (χ1v) is 11.6. The molecule has 1 aliphatic heterocycles. The van der Waals surface area contributed by atoms with Crippen LogP contribution in [0.25, 0.3) is 0 Å². The Morgan fingerprint density at radius 3 is 2.42 bits per heavy atom. The van der Waals surface area contributed by atoms with E-state index in [1.165, 1.54) is 12.0 Å². The summed E-state index contributed by atoms with van der Waals surface area (Å²) in [5.74, 6) is 0.560. The van der Waals surface area contributed by atoms with Crippen LogP contribution < -0.4 is 26.4 Å². The van der Waals surface area contributed by atoms with Crippen LogP contribution in [0.2, 0.25) is 0 Å². The standard InChI is InChI=1S/C25H33N3O3/c1-16-7-6-8-20(17(16)2)27-25(31)19-11-9-18(10-12-19)15-26-21-22(24(30)23(21)29)28-13-4-3-5-14-28/h6-8,18-19,26H,3-5,9-15H2,1-2H3,(H,27,31). The maximum atomic E-state index is 12.7. The Balaban J connectivity index is 1.28. The fourth-order valence-corrected chi connectivity index (χ4v) is 4.96. The SMILES string of the molecule is Cc1cccc(NC(=O)C2CCC(CNc3c(N4CCCCC4)c(=O)c3=O)CC2)c1C. The third-order valence-corrected chi connectivity index (χ3v) is 7.21. The van der Waals surface area contributed by atoms with E-state index in [4.69, 9.17) is 0 Å². The zero-order valence-electron chi connectivity index (χ0n) is 18.6. The molecule has 0 unspecified atom stereocenters. The molecular formula is C25H33N3O3. The monoisotopic (exact) mass is 423 g/mol. The Morgan fingerprint density at radius 1 is 1.00 bits per heavy atom. The summed E-state index contributed by atoms with van der Waals surface area (Å²) in [5.41, 5.74) is 3.60.